The summed E-state index contributed by atoms with van der Waals surface area (Å²) in [5.74, 6) is 0.969. The number of ether oxygens (including phenoxy) is 1. The van der Waals surface area contributed by atoms with Crippen molar-refractivity contribution in [1.82, 2.24) is 5.32 Å². The SMILES string of the molecule is O=C(NCc1ccco1)C1CCN(c2ccc(Oc3ccccc3)cc2)C1=O. The van der Waals surface area contributed by atoms with E-state index in [9.17, 15) is 9.59 Å². The highest BCUT2D eigenvalue weighted by atomic mass is 16.5. The van der Waals surface area contributed by atoms with Gasteiger partial charge in [-0.25, -0.2) is 0 Å². The Morgan fingerprint density at radius 3 is 2.50 bits per heavy atom. The average Bonchev–Trinajstić information content (AvgIpc) is 3.37. The van der Waals surface area contributed by atoms with E-state index in [1.165, 1.54) is 0 Å². The van der Waals surface area contributed by atoms with Crippen molar-refractivity contribution in [3.63, 3.8) is 0 Å². The maximum Gasteiger partial charge on any atom is 0.239 e. The Labute approximate surface area is 162 Å². The Balaban J connectivity index is 1.37. The van der Waals surface area contributed by atoms with E-state index in [1.54, 1.807) is 23.3 Å². The standard InChI is InChI=1S/C22H20N2O4/c25-21(23-15-19-7-4-14-27-19)20-12-13-24(22(20)26)16-8-10-18(11-9-16)28-17-5-2-1-3-6-17/h1-11,14,20H,12-13,15H2,(H,23,25). The van der Waals surface area contributed by atoms with Crippen molar-refractivity contribution in [2.45, 2.75) is 13.0 Å². The van der Waals surface area contributed by atoms with Crippen molar-refractivity contribution >= 4 is 17.5 Å². The second-order valence-electron chi connectivity index (χ2n) is 6.54. The molecule has 1 aromatic heterocycles. The molecule has 142 valence electrons. The number of nitrogens with zero attached hydrogens (tertiary/aromatic N) is 1. The fourth-order valence-electron chi connectivity index (χ4n) is 3.21. The lowest BCUT2D eigenvalue weighted by atomic mass is 10.1. The van der Waals surface area contributed by atoms with Crippen molar-refractivity contribution in [1.29, 1.82) is 0 Å². The second kappa shape index (κ2) is 8.00. The van der Waals surface area contributed by atoms with Crippen LogP contribution in [0.4, 0.5) is 5.69 Å². The maximum absolute atomic E-state index is 12.7. The highest BCUT2D eigenvalue weighted by Gasteiger charge is 2.37. The zero-order valence-electron chi connectivity index (χ0n) is 15.2. The number of anilines is 1. The minimum atomic E-state index is -0.671. The van der Waals surface area contributed by atoms with Gasteiger partial charge in [0.15, 0.2) is 0 Å². The molecule has 2 amide bonds. The molecule has 3 aromatic rings. The first-order valence-corrected chi connectivity index (χ1v) is 9.15. The minimum absolute atomic E-state index is 0.186. The number of carbonyl (C=O) groups excluding carboxylic acids is 2. The Bertz CT molecular complexity index is 936. The summed E-state index contributed by atoms with van der Waals surface area (Å²) >= 11 is 0. The van der Waals surface area contributed by atoms with Gasteiger partial charge >= 0.3 is 0 Å². The summed E-state index contributed by atoms with van der Waals surface area (Å²) in [5, 5.41) is 2.77. The van der Waals surface area contributed by atoms with Gasteiger partial charge in [0.1, 0.15) is 23.2 Å². The van der Waals surface area contributed by atoms with Crippen LogP contribution in [-0.2, 0) is 16.1 Å². The first kappa shape index (κ1) is 17.9. The summed E-state index contributed by atoms with van der Waals surface area (Å²) in [6.45, 7) is 0.789. The molecule has 1 N–H and O–H groups in total. The molecule has 0 saturated carbocycles. The third-order valence-corrected chi connectivity index (χ3v) is 4.67. The van der Waals surface area contributed by atoms with Crippen molar-refractivity contribution in [3.8, 4) is 11.5 Å². The molecule has 1 fully saturated rings. The fraction of sp³-hybridized carbons (Fsp3) is 0.182. The molecular weight excluding hydrogens is 356 g/mol. The molecule has 0 aliphatic carbocycles. The van der Waals surface area contributed by atoms with Crippen LogP contribution in [0.1, 0.15) is 12.2 Å². The van der Waals surface area contributed by atoms with E-state index in [2.05, 4.69) is 5.32 Å². The number of furan rings is 1. The van der Waals surface area contributed by atoms with Crippen molar-refractivity contribution < 1.29 is 18.7 Å². The smallest absolute Gasteiger partial charge is 0.239 e. The lowest BCUT2D eigenvalue weighted by Crippen LogP contribution is -2.36. The molecule has 6 nitrogen and oxygen atoms in total. The lowest BCUT2D eigenvalue weighted by Gasteiger charge is -2.17. The number of amides is 2. The number of hydrogen-bond acceptors (Lipinski definition) is 4. The summed E-state index contributed by atoms with van der Waals surface area (Å²) in [5.41, 5.74) is 0.756. The van der Waals surface area contributed by atoms with Gasteiger partial charge in [-0.2, -0.15) is 0 Å². The van der Waals surface area contributed by atoms with E-state index in [4.69, 9.17) is 9.15 Å². The zero-order chi connectivity index (χ0) is 19.3. The van der Waals surface area contributed by atoms with Crippen LogP contribution in [0.5, 0.6) is 11.5 Å². The molecule has 6 heteroatoms. The molecule has 1 unspecified atom stereocenters. The van der Waals surface area contributed by atoms with E-state index in [0.717, 1.165) is 11.4 Å². The molecular formula is C22H20N2O4. The predicted molar refractivity (Wildman–Crippen MR) is 104 cm³/mol. The molecule has 0 bridgehead atoms. The number of carbonyl (C=O) groups is 2. The van der Waals surface area contributed by atoms with Gasteiger partial charge < -0.3 is 19.4 Å². The number of nitrogens with one attached hydrogen (secondary N) is 1. The second-order valence-corrected chi connectivity index (χ2v) is 6.54. The summed E-state index contributed by atoms with van der Waals surface area (Å²) in [7, 11) is 0. The Morgan fingerprint density at radius 1 is 1.04 bits per heavy atom. The van der Waals surface area contributed by atoms with E-state index in [-0.39, 0.29) is 18.4 Å². The molecule has 28 heavy (non-hydrogen) atoms. The van der Waals surface area contributed by atoms with Crippen LogP contribution < -0.4 is 15.0 Å². The van der Waals surface area contributed by atoms with E-state index >= 15 is 0 Å². The molecule has 1 atom stereocenters. The van der Waals surface area contributed by atoms with Gasteiger partial charge in [-0.1, -0.05) is 18.2 Å². The average molecular weight is 376 g/mol. The van der Waals surface area contributed by atoms with Crippen LogP contribution in [0.15, 0.2) is 77.4 Å². The van der Waals surface area contributed by atoms with E-state index in [1.807, 2.05) is 54.6 Å². The minimum Gasteiger partial charge on any atom is -0.467 e. The monoisotopic (exact) mass is 376 g/mol. The first-order valence-electron chi connectivity index (χ1n) is 9.15. The van der Waals surface area contributed by atoms with Crippen LogP contribution in [-0.4, -0.2) is 18.4 Å². The first-order chi connectivity index (χ1) is 13.7. The van der Waals surface area contributed by atoms with Gasteiger partial charge in [0.05, 0.1) is 12.8 Å². The number of benzene rings is 2. The van der Waals surface area contributed by atoms with Crippen LogP contribution in [0.2, 0.25) is 0 Å². The predicted octanol–water partition coefficient (Wildman–Crippen LogP) is 3.74. The molecule has 1 aliphatic rings. The van der Waals surface area contributed by atoms with Gasteiger partial charge in [0.2, 0.25) is 11.8 Å². The fourth-order valence-corrected chi connectivity index (χ4v) is 3.21. The summed E-state index contributed by atoms with van der Waals surface area (Å²) in [4.78, 5) is 26.7. The molecule has 4 rings (SSSR count). The Hall–Kier alpha value is -3.54. The van der Waals surface area contributed by atoms with Crippen LogP contribution in [0.25, 0.3) is 0 Å². The Kier molecular flexibility index (Phi) is 5.10. The Morgan fingerprint density at radius 2 is 1.79 bits per heavy atom. The zero-order valence-corrected chi connectivity index (χ0v) is 15.2. The quantitative estimate of drug-likeness (QED) is 0.665. The number of hydrogen-bond donors (Lipinski definition) is 1. The maximum atomic E-state index is 12.7. The normalized spacial score (nSPS) is 16.2. The molecule has 1 aliphatic heterocycles. The molecule has 0 radical (unpaired) electrons. The summed E-state index contributed by atoms with van der Waals surface area (Å²) in [6.07, 6.45) is 2.04. The largest absolute Gasteiger partial charge is 0.467 e. The van der Waals surface area contributed by atoms with E-state index < -0.39 is 5.92 Å². The lowest BCUT2D eigenvalue weighted by molar-refractivity contribution is -0.132. The van der Waals surface area contributed by atoms with Crippen LogP contribution in [0, 0.1) is 5.92 Å². The third kappa shape index (κ3) is 3.91. The van der Waals surface area contributed by atoms with Crippen LogP contribution in [0.3, 0.4) is 0 Å². The van der Waals surface area contributed by atoms with Gasteiger partial charge in [-0.3, -0.25) is 9.59 Å². The summed E-state index contributed by atoms with van der Waals surface area (Å²) in [6, 6.07) is 20.3. The number of para-hydroxylation sites is 1. The van der Waals surface area contributed by atoms with Crippen LogP contribution >= 0.6 is 0 Å². The highest BCUT2D eigenvalue weighted by molar-refractivity contribution is 6.09. The van der Waals surface area contributed by atoms with Gasteiger partial charge in [0.25, 0.3) is 0 Å². The van der Waals surface area contributed by atoms with Crippen molar-refractivity contribution in [2.24, 2.45) is 5.92 Å². The van der Waals surface area contributed by atoms with Gasteiger partial charge in [-0.15, -0.1) is 0 Å². The van der Waals surface area contributed by atoms with E-state index in [0.29, 0.717) is 24.5 Å². The molecule has 2 aromatic carbocycles. The number of rotatable bonds is 6. The van der Waals surface area contributed by atoms with Gasteiger partial charge in [0, 0.05) is 12.2 Å². The summed E-state index contributed by atoms with van der Waals surface area (Å²) < 4.78 is 11.0. The highest BCUT2D eigenvalue weighted by Crippen LogP contribution is 2.28. The van der Waals surface area contributed by atoms with Crippen molar-refractivity contribution in [3.05, 3.63) is 78.8 Å². The third-order valence-electron chi connectivity index (χ3n) is 4.67. The van der Waals surface area contributed by atoms with Gasteiger partial charge in [-0.05, 0) is 55.0 Å². The molecule has 1 saturated heterocycles. The molecule has 2 heterocycles. The van der Waals surface area contributed by atoms with Crippen molar-refractivity contribution in [2.75, 3.05) is 11.4 Å². The molecule has 0 spiro atoms. The topological polar surface area (TPSA) is 71.8 Å².